The van der Waals surface area contributed by atoms with E-state index in [1.807, 2.05) is 0 Å². The van der Waals surface area contributed by atoms with Crippen molar-refractivity contribution in [3.8, 4) is 11.5 Å². The number of nitrogens with zero attached hydrogens (tertiary/aromatic N) is 1. The van der Waals surface area contributed by atoms with E-state index in [9.17, 15) is 9.59 Å². The average molecular weight is 319 g/mol. The molecular weight excluding hydrogens is 308 g/mol. The van der Waals surface area contributed by atoms with Gasteiger partial charge >= 0.3 is 6.03 Å². The lowest BCUT2D eigenvalue weighted by Gasteiger charge is -2.16. The van der Waals surface area contributed by atoms with Crippen molar-refractivity contribution in [2.45, 2.75) is 0 Å². The van der Waals surface area contributed by atoms with Gasteiger partial charge in [0.1, 0.15) is 0 Å². The number of benzene rings is 2. The Hall–Kier alpha value is -2.73. The fourth-order valence-electron chi connectivity index (χ4n) is 2.01. The second-order valence-electron chi connectivity index (χ2n) is 4.45. The van der Waals surface area contributed by atoms with E-state index in [0.29, 0.717) is 34.3 Å². The fourth-order valence-corrected chi connectivity index (χ4v) is 2.19. The van der Waals surface area contributed by atoms with Crippen LogP contribution in [0.25, 0.3) is 0 Å². The van der Waals surface area contributed by atoms with E-state index in [4.69, 9.17) is 21.1 Å². The maximum atomic E-state index is 12.2. The first-order valence-electron chi connectivity index (χ1n) is 6.38. The number of hydrogen-bond donors (Lipinski definition) is 1. The number of fused-ring (bicyclic) bond motifs is 1. The van der Waals surface area contributed by atoms with Crippen LogP contribution in [0.15, 0.2) is 42.5 Å². The van der Waals surface area contributed by atoms with Gasteiger partial charge in [-0.2, -0.15) is 0 Å². The molecule has 1 heterocycles. The standard InChI is InChI=1S/C15H11ClN2O4/c16-10-2-1-3-12(6-10)18(8-19)15(20)17-11-4-5-13-14(7-11)22-9-21-13/h1-8H,9H2,(H,17,20). The van der Waals surface area contributed by atoms with Crippen molar-refractivity contribution < 1.29 is 19.1 Å². The second kappa shape index (κ2) is 5.95. The van der Waals surface area contributed by atoms with Crippen LogP contribution in [0.2, 0.25) is 5.02 Å². The van der Waals surface area contributed by atoms with Crippen molar-refractivity contribution in [1.29, 1.82) is 0 Å². The summed E-state index contributed by atoms with van der Waals surface area (Å²) >= 11 is 5.87. The van der Waals surface area contributed by atoms with Gasteiger partial charge in [-0.25, -0.2) is 9.69 Å². The van der Waals surface area contributed by atoms with E-state index in [1.54, 1.807) is 36.4 Å². The summed E-state index contributed by atoms with van der Waals surface area (Å²) in [6, 6.07) is 10.8. The lowest BCUT2D eigenvalue weighted by molar-refractivity contribution is -0.106. The molecule has 6 nitrogen and oxygen atoms in total. The summed E-state index contributed by atoms with van der Waals surface area (Å²) < 4.78 is 10.4. The predicted octanol–water partition coefficient (Wildman–Crippen LogP) is 3.26. The molecule has 0 saturated heterocycles. The third-order valence-electron chi connectivity index (χ3n) is 3.03. The van der Waals surface area contributed by atoms with Crippen LogP contribution in [0.3, 0.4) is 0 Å². The number of hydrogen-bond acceptors (Lipinski definition) is 4. The molecule has 0 aromatic heterocycles. The highest BCUT2D eigenvalue weighted by Crippen LogP contribution is 2.34. The number of carbonyl (C=O) groups excluding carboxylic acids is 2. The highest BCUT2D eigenvalue weighted by Gasteiger charge is 2.18. The Bertz CT molecular complexity index is 735. The van der Waals surface area contributed by atoms with Crippen LogP contribution < -0.4 is 19.7 Å². The van der Waals surface area contributed by atoms with Gasteiger partial charge in [-0.3, -0.25) is 4.79 Å². The molecule has 0 unspecified atom stereocenters. The zero-order chi connectivity index (χ0) is 15.5. The maximum absolute atomic E-state index is 12.2. The first kappa shape index (κ1) is 14.2. The normalized spacial score (nSPS) is 11.9. The van der Waals surface area contributed by atoms with Gasteiger partial charge < -0.3 is 14.8 Å². The number of rotatable bonds is 3. The minimum absolute atomic E-state index is 0.149. The summed E-state index contributed by atoms with van der Waals surface area (Å²) in [5.41, 5.74) is 0.865. The van der Waals surface area contributed by atoms with Crippen LogP contribution in [-0.4, -0.2) is 19.2 Å². The van der Waals surface area contributed by atoms with E-state index < -0.39 is 6.03 Å². The maximum Gasteiger partial charge on any atom is 0.332 e. The molecule has 3 rings (SSSR count). The van der Waals surface area contributed by atoms with Gasteiger partial charge in [-0.15, -0.1) is 0 Å². The zero-order valence-electron chi connectivity index (χ0n) is 11.3. The van der Waals surface area contributed by atoms with Gasteiger partial charge in [0.25, 0.3) is 0 Å². The van der Waals surface area contributed by atoms with Gasteiger partial charge in [-0.1, -0.05) is 17.7 Å². The summed E-state index contributed by atoms with van der Waals surface area (Å²) in [7, 11) is 0. The molecular formula is C15H11ClN2O4. The molecule has 22 heavy (non-hydrogen) atoms. The summed E-state index contributed by atoms with van der Waals surface area (Å²) in [5.74, 6) is 1.15. The largest absolute Gasteiger partial charge is 0.454 e. The number of ether oxygens (including phenoxy) is 2. The Morgan fingerprint density at radius 2 is 2.00 bits per heavy atom. The van der Waals surface area contributed by atoms with Crippen molar-refractivity contribution in [3.63, 3.8) is 0 Å². The van der Waals surface area contributed by atoms with Crippen LogP contribution in [-0.2, 0) is 4.79 Å². The molecule has 112 valence electrons. The molecule has 0 bridgehead atoms. The molecule has 0 atom stereocenters. The van der Waals surface area contributed by atoms with Crippen LogP contribution >= 0.6 is 11.6 Å². The monoisotopic (exact) mass is 318 g/mol. The number of anilines is 2. The Morgan fingerprint density at radius 3 is 2.77 bits per heavy atom. The van der Waals surface area contributed by atoms with Crippen LogP contribution in [0.4, 0.5) is 16.2 Å². The van der Waals surface area contributed by atoms with Gasteiger partial charge in [0.15, 0.2) is 11.5 Å². The molecule has 2 aromatic carbocycles. The minimum atomic E-state index is -0.601. The minimum Gasteiger partial charge on any atom is -0.454 e. The number of urea groups is 1. The quantitative estimate of drug-likeness (QED) is 0.882. The van der Waals surface area contributed by atoms with Crippen LogP contribution in [0, 0.1) is 0 Å². The van der Waals surface area contributed by atoms with E-state index in [0.717, 1.165) is 4.90 Å². The highest BCUT2D eigenvalue weighted by atomic mass is 35.5. The summed E-state index contributed by atoms with van der Waals surface area (Å²) in [5, 5.41) is 3.05. The number of halogens is 1. The zero-order valence-corrected chi connectivity index (χ0v) is 12.0. The third kappa shape index (κ3) is 2.82. The molecule has 0 fully saturated rings. The SMILES string of the molecule is O=CN(C(=O)Nc1ccc2c(c1)OCO2)c1cccc(Cl)c1. The van der Waals surface area contributed by atoms with Crippen molar-refractivity contribution in [1.82, 2.24) is 0 Å². The van der Waals surface area contributed by atoms with E-state index in [1.165, 1.54) is 6.07 Å². The Kier molecular flexibility index (Phi) is 3.84. The molecule has 3 amide bonds. The van der Waals surface area contributed by atoms with Crippen molar-refractivity contribution in [2.24, 2.45) is 0 Å². The van der Waals surface area contributed by atoms with E-state index in [-0.39, 0.29) is 6.79 Å². The third-order valence-corrected chi connectivity index (χ3v) is 3.27. The first-order valence-corrected chi connectivity index (χ1v) is 6.76. The Balaban J connectivity index is 1.79. The van der Waals surface area contributed by atoms with Gasteiger partial charge in [0.05, 0.1) is 5.69 Å². The fraction of sp³-hybridized carbons (Fsp3) is 0.0667. The Morgan fingerprint density at radius 1 is 1.18 bits per heavy atom. The number of amides is 3. The molecule has 1 aliphatic heterocycles. The highest BCUT2D eigenvalue weighted by molar-refractivity contribution is 6.31. The predicted molar refractivity (Wildman–Crippen MR) is 81.6 cm³/mol. The second-order valence-corrected chi connectivity index (χ2v) is 4.89. The summed E-state index contributed by atoms with van der Waals surface area (Å²) in [4.78, 5) is 24.4. The molecule has 2 aromatic rings. The lowest BCUT2D eigenvalue weighted by atomic mass is 10.2. The molecule has 0 aliphatic carbocycles. The van der Waals surface area contributed by atoms with E-state index >= 15 is 0 Å². The Labute approximate surface area is 131 Å². The number of imide groups is 1. The van der Waals surface area contributed by atoms with Gasteiger partial charge in [0, 0.05) is 16.8 Å². The van der Waals surface area contributed by atoms with Crippen molar-refractivity contribution in [3.05, 3.63) is 47.5 Å². The lowest BCUT2D eigenvalue weighted by Crippen LogP contribution is -2.33. The number of nitrogens with one attached hydrogen (secondary N) is 1. The molecule has 0 saturated carbocycles. The molecule has 1 N–H and O–H groups in total. The van der Waals surface area contributed by atoms with Crippen LogP contribution in [0.1, 0.15) is 0 Å². The number of carbonyl (C=O) groups is 2. The van der Waals surface area contributed by atoms with Crippen LogP contribution in [0.5, 0.6) is 11.5 Å². The molecule has 0 radical (unpaired) electrons. The molecule has 7 heteroatoms. The van der Waals surface area contributed by atoms with Crippen molar-refractivity contribution in [2.75, 3.05) is 17.0 Å². The van der Waals surface area contributed by atoms with Crippen molar-refractivity contribution >= 4 is 35.4 Å². The topological polar surface area (TPSA) is 67.9 Å². The summed E-state index contributed by atoms with van der Waals surface area (Å²) in [6.45, 7) is 0.149. The molecule has 1 aliphatic rings. The van der Waals surface area contributed by atoms with E-state index in [2.05, 4.69) is 5.32 Å². The summed E-state index contributed by atoms with van der Waals surface area (Å²) in [6.07, 6.45) is 0.425. The first-order chi connectivity index (χ1) is 10.7. The van der Waals surface area contributed by atoms with Gasteiger partial charge in [-0.05, 0) is 30.3 Å². The molecule has 0 spiro atoms. The average Bonchev–Trinajstić information content (AvgIpc) is 2.95. The van der Waals surface area contributed by atoms with Gasteiger partial charge in [0.2, 0.25) is 13.2 Å². The smallest absolute Gasteiger partial charge is 0.332 e.